The van der Waals surface area contributed by atoms with Crippen LogP contribution in [0, 0.1) is 12.7 Å². The third kappa shape index (κ3) is 3.88. The summed E-state index contributed by atoms with van der Waals surface area (Å²) in [5.74, 6) is -0.217. The van der Waals surface area contributed by atoms with Gasteiger partial charge in [0.05, 0.1) is 5.69 Å². The van der Waals surface area contributed by atoms with E-state index < -0.39 is 0 Å². The number of aryl methyl sites for hydroxylation is 1. The maximum absolute atomic E-state index is 13.0. The van der Waals surface area contributed by atoms with Crippen LogP contribution in [0.3, 0.4) is 0 Å². The van der Waals surface area contributed by atoms with Gasteiger partial charge in [0, 0.05) is 17.7 Å². The average molecular weight is 297 g/mol. The largest absolute Gasteiger partial charge is 0.294 e. The lowest BCUT2D eigenvalue weighted by Crippen LogP contribution is -2.03. The molecule has 0 unspecified atom stereocenters. The van der Waals surface area contributed by atoms with Gasteiger partial charge in [-0.3, -0.25) is 9.79 Å². The first kappa shape index (κ1) is 16.1. The fraction of sp³-hybridized carbons (Fsp3) is 0.263. The SMILES string of the molecule is CCC(Cc1ccc(F)cc1)=Nc1cccc(C)c1C(C)=O. The number of Topliss-reactive ketones (excluding diaryl/α,β-unsaturated/α-hetero) is 1. The first-order valence-electron chi connectivity index (χ1n) is 7.42. The van der Waals surface area contributed by atoms with E-state index in [-0.39, 0.29) is 11.6 Å². The predicted molar refractivity (Wildman–Crippen MR) is 88.7 cm³/mol. The van der Waals surface area contributed by atoms with Crippen LogP contribution in [0.2, 0.25) is 0 Å². The molecule has 0 saturated carbocycles. The van der Waals surface area contributed by atoms with Gasteiger partial charge in [0.25, 0.3) is 0 Å². The van der Waals surface area contributed by atoms with E-state index in [0.29, 0.717) is 17.7 Å². The Bertz CT molecular complexity index is 702. The summed E-state index contributed by atoms with van der Waals surface area (Å²) in [5, 5.41) is 0. The number of hydrogen-bond acceptors (Lipinski definition) is 2. The second kappa shape index (κ2) is 7.12. The molecule has 0 atom stereocenters. The normalized spacial score (nSPS) is 11.5. The van der Waals surface area contributed by atoms with E-state index in [1.165, 1.54) is 12.1 Å². The van der Waals surface area contributed by atoms with Gasteiger partial charge < -0.3 is 0 Å². The number of rotatable bonds is 5. The Hall–Kier alpha value is -2.29. The highest BCUT2D eigenvalue weighted by atomic mass is 19.1. The molecule has 2 aromatic rings. The van der Waals surface area contributed by atoms with Gasteiger partial charge in [-0.15, -0.1) is 0 Å². The molecule has 2 nitrogen and oxygen atoms in total. The first-order chi connectivity index (χ1) is 10.5. The van der Waals surface area contributed by atoms with Gasteiger partial charge in [-0.1, -0.05) is 31.2 Å². The van der Waals surface area contributed by atoms with Gasteiger partial charge >= 0.3 is 0 Å². The minimum absolute atomic E-state index is 0.0223. The smallest absolute Gasteiger partial charge is 0.162 e. The van der Waals surface area contributed by atoms with Crippen LogP contribution < -0.4 is 0 Å². The molecule has 0 bridgehead atoms. The zero-order valence-corrected chi connectivity index (χ0v) is 13.2. The van der Waals surface area contributed by atoms with E-state index in [9.17, 15) is 9.18 Å². The lowest BCUT2D eigenvalue weighted by Gasteiger charge is -2.09. The molecule has 3 heteroatoms. The first-order valence-corrected chi connectivity index (χ1v) is 7.42. The van der Waals surface area contributed by atoms with Crippen LogP contribution in [0.5, 0.6) is 0 Å². The molecule has 2 rings (SSSR count). The Morgan fingerprint density at radius 2 is 1.82 bits per heavy atom. The number of hydrogen-bond donors (Lipinski definition) is 0. The zero-order valence-electron chi connectivity index (χ0n) is 13.2. The number of nitrogens with zero attached hydrogens (tertiary/aromatic N) is 1. The number of carbonyl (C=O) groups excluding carboxylic acids is 1. The molecule has 0 saturated heterocycles. The number of ketones is 1. The summed E-state index contributed by atoms with van der Waals surface area (Å²) < 4.78 is 13.0. The molecule has 0 spiro atoms. The fourth-order valence-electron chi connectivity index (χ4n) is 2.46. The third-order valence-electron chi connectivity index (χ3n) is 3.61. The lowest BCUT2D eigenvalue weighted by molar-refractivity contribution is 0.101. The minimum atomic E-state index is -0.240. The lowest BCUT2D eigenvalue weighted by atomic mass is 10.0. The summed E-state index contributed by atoms with van der Waals surface area (Å²) >= 11 is 0. The van der Waals surface area contributed by atoms with Gasteiger partial charge in [-0.05, 0) is 49.6 Å². The van der Waals surface area contributed by atoms with Crippen molar-refractivity contribution in [3.63, 3.8) is 0 Å². The van der Waals surface area contributed by atoms with E-state index in [2.05, 4.69) is 4.99 Å². The molecular formula is C19H20FNO. The molecule has 0 aliphatic heterocycles. The van der Waals surface area contributed by atoms with E-state index in [1.807, 2.05) is 32.0 Å². The highest BCUT2D eigenvalue weighted by Gasteiger charge is 2.10. The maximum atomic E-state index is 13.0. The highest BCUT2D eigenvalue weighted by Crippen LogP contribution is 2.24. The van der Waals surface area contributed by atoms with Gasteiger partial charge in [-0.25, -0.2) is 4.39 Å². The number of halogens is 1. The van der Waals surface area contributed by atoms with E-state index in [1.54, 1.807) is 19.1 Å². The van der Waals surface area contributed by atoms with Crippen molar-refractivity contribution in [3.05, 3.63) is 65.0 Å². The fourth-order valence-corrected chi connectivity index (χ4v) is 2.46. The van der Waals surface area contributed by atoms with Gasteiger partial charge in [0.1, 0.15) is 5.82 Å². The average Bonchev–Trinajstić information content (AvgIpc) is 2.48. The Kier molecular flexibility index (Phi) is 5.21. The monoisotopic (exact) mass is 297 g/mol. The van der Waals surface area contributed by atoms with Crippen molar-refractivity contribution in [1.82, 2.24) is 0 Å². The van der Waals surface area contributed by atoms with Crippen LogP contribution >= 0.6 is 0 Å². The van der Waals surface area contributed by atoms with E-state index >= 15 is 0 Å². The molecule has 0 heterocycles. The summed E-state index contributed by atoms with van der Waals surface area (Å²) in [6.07, 6.45) is 1.44. The molecule has 0 N–H and O–H groups in total. The molecule has 2 aromatic carbocycles. The molecule has 114 valence electrons. The summed E-state index contributed by atoms with van der Waals surface area (Å²) in [7, 11) is 0. The topological polar surface area (TPSA) is 29.4 Å². The summed E-state index contributed by atoms with van der Waals surface area (Å²) in [6, 6.07) is 12.1. The van der Waals surface area contributed by atoms with Crippen molar-refractivity contribution in [2.45, 2.75) is 33.6 Å². The van der Waals surface area contributed by atoms with Crippen molar-refractivity contribution in [3.8, 4) is 0 Å². The highest BCUT2D eigenvalue weighted by molar-refractivity contribution is 6.02. The predicted octanol–water partition coefficient (Wildman–Crippen LogP) is 5.06. The molecule has 0 fully saturated rings. The van der Waals surface area contributed by atoms with Crippen molar-refractivity contribution < 1.29 is 9.18 Å². The molecule has 0 aliphatic carbocycles. The Morgan fingerprint density at radius 3 is 2.41 bits per heavy atom. The van der Waals surface area contributed by atoms with Crippen molar-refractivity contribution in [1.29, 1.82) is 0 Å². The maximum Gasteiger partial charge on any atom is 0.162 e. The van der Waals surface area contributed by atoms with Crippen LogP contribution in [-0.2, 0) is 6.42 Å². The number of aliphatic imine (C=N–C) groups is 1. The van der Waals surface area contributed by atoms with E-state index in [0.717, 1.165) is 23.3 Å². The molecule has 22 heavy (non-hydrogen) atoms. The summed E-state index contributed by atoms with van der Waals surface area (Å²) in [6.45, 7) is 5.51. The Labute approximate surface area is 130 Å². The molecule has 0 aromatic heterocycles. The second-order valence-electron chi connectivity index (χ2n) is 5.36. The summed E-state index contributed by atoms with van der Waals surface area (Å²) in [4.78, 5) is 16.5. The third-order valence-corrected chi connectivity index (χ3v) is 3.61. The van der Waals surface area contributed by atoms with E-state index in [4.69, 9.17) is 0 Å². The Morgan fingerprint density at radius 1 is 1.14 bits per heavy atom. The van der Waals surface area contributed by atoms with Gasteiger partial charge in [-0.2, -0.15) is 0 Å². The van der Waals surface area contributed by atoms with Crippen LogP contribution in [0.1, 0.15) is 41.8 Å². The second-order valence-corrected chi connectivity index (χ2v) is 5.36. The van der Waals surface area contributed by atoms with Gasteiger partial charge in [0.2, 0.25) is 0 Å². The van der Waals surface area contributed by atoms with Crippen LogP contribution in [0.4, 0.5) is 10.1 Å². The zero-order chi connectivity index (χ0) is 16.1. The van der Waals surface area contributed by atoms with Crippen molar-refractivity contribution >= 4 is 17.2 Å². The van der Waals surface area contributed by atoms with Crippen molar-refractivity contribution in [2.75, 3.05) is 0 Å². The number of benzene rings is 2. The van der Waals surface area contributed by atoms with Crippen LogP contribution in [0.15, 0.2) is 47.5 Å². The molecular weight excluding hydrogens is 277 g/mol. The molecule has 0 radical (unpaired) electrons. The van der Waals surface area contributed by atoms with Gasteiger partial charge in [0.15, 0.2) is 5.78 Å². The quantitative estimate of drug-likeness (QED) is 0.560. The standard InChI is InChI=1S/C19H20FNO/c1-4-17(12-15-8-10-16(20)11-9-15)21-18-7-5-6-13(2)19(18)14(3)22/h5-11H,4,12H2,1-3H3. The molecule has 0 amide bonds. The van der Waals surface area contributed by atoms with Crippen LogP contribution in [0.25, 0.3) is 0 Å². The Balaban J connectivity index is 2.35. The number of carbonyl (C=O) groups is 1. The minimum Gasteiger partial charge on any atom is -0.294 e. The van der Waals surface area contributed by atoms with Crippen molar-refractivity contribution in [2.24, 2.45) is 4.99 Å². The van der Waals surface area contributed by atoms with Crippen LogP contribution in [-0.4, -0.2) is 11.5 Å². The summed E-state index contributed by atoms with van der Waals surface area (Å²) in [5.41, 5.74) is 4.31. The molecule has 0 aliphatic rings.